The van der Waals surface area contributed by atoms with E-state index in [2.05, 4.69) is 42.6 Å². The van der Waals surface area contributed by atoms with Crippen LogP contribution in [0.3, 0.4) is 0 Å². The van der Waals surface area contributed by atoms with Gasteiger partial charge in [0.15, 0.2) is 0 Å². The maximum Gasteiger partial charge on any atom is 0.0536 e. The van der Waals surface area contributed by atoms with Gasteiger partial charge in [-0.25, -0.2) is 0 Å². The van der Waals surface area contributed by atoms with Gasteiger partial charge in [0, 0.05) is 40.8 Å². The summed E-state index contributed by atoms with van der Waals surface area (Å²) in [6.45, 7) is 4.94. The third-order valence-corrected chi connectivity index (χ3v) is 5.78. The summed E-state index contributed by atoms with van der Waals surface area (Å²) in [6.07, 6.45) is 1.86. The van der Waals surface area contributed by atoms with Crippen LogP contribution in [0, 0.1) is 5.41 Å². The van der Waals surface area contributed by atoms with Crippen LogP contribution in [0.5, 0.6) is 0 Å². The van der Waals surface area contributed by atoms with Crippen LogP contribution in [-0.4, -0.2) is 31.5 Å². The molecule has 0 spiro atoms. The van der Waals surface area contributed by atoms with Crippen molar-refractivity contribution in [1.29, 1.82) is 0 Å². The first-order valence-corrected chi connectivity index (χ1v) is 8.45. The summed E-state index contributed by atoms with van der Waals surface area (Å²) in [5, 5.41) is 14.3. The molecule has 0 aliphatic carbocycles. The van der Waals surface area contributed by atoms with E-state index in [0.717, 1.165) is 32.6 Å². The molecule has 0 radical (unpaired) electrons. The van der Waals surface area contributed by atoms with Crippen LogP contribution >= 0.6 is 11.3 Å². The minimum Gasteiger partial charge on any atom is -0.396 e. The van der Waals surface area contributed by atoms with E-state index in [0.29, 0.717) is 6.04 Å². The molecule has 2 atom stereocenters. The largest absolute Gasteiger partial charge is 0.396 e. The van der Waals surface area contributed by atoms with Crippen LogP contribution in [-0.2, 0) is 4.74 Å². The Bertz CT molecular complexity index is 556. The van der Waals surface area contributed by atoms with E-state index in [9.17, 15) is 5.11 Å². The lowest BCUT2D eigenvalue weighted by Gasteiger charge is -2.28. The zero-order valence-electron chi connectivity index (χ0n) is 12.5. The molecule has 1 aromatic heterocycles. The lowest BCUT2D eigenvalue weighted by molar-refractivity contribution is 0.122. The van der Waals surface area contributed by atoms with Gasteiger partial charge in [0.2, 0.25) is 0 Å². The number of hydrogen-bond donors (Lipinski definition) is 2. The molecule has 2 N–H and O–H groups in total. The second kappa shape index (κ2) is 6.44. The Morgan fingerprint density at radius 1 is 1.43 bits per heavy atom. The topological polar surface area (TPSA) is 41.5 Å². The van der Waals surface area contributed by atoms with Gasteiger partial charge in [-0.2, -0.15) is 0 Å². The number of nitrogens with one attached hydrogen (secondary N) is 1. The molecular weight excluding hydrogens is 282 g/mol. The Morgan fingerprint density at radius 3 is 3.00 bits per heavy atom. The first kappa shape index (κ1) is 15.0. The molecule has 4 heteroatoms. The van der Waals surface area contributed by atoms with Crippen LogP contribution < -0.4 is 5.32 Å². The lowest BCUT2D eigenvalue weighted by Crippen LogP contribution is -2.36. The molecule has 0 bridgehead atoms. The van der Waals surface area contributed by atoms with E-state index in [1.54, 1.807) is 0 Å². The molecule has 2 heterocycles. The summed E-state index contributed by atoms with van der Waals surface area (Å²) in [6, 6.07) is 11.1. The molecule has 3 nitrogen and oxygen atoms in total. The van der Waals surface area contributed by atoms with Crippen molar-refractivity contribution < 1.29 is 9.84 Å². The number of fused-ring (bicyclic) bond motifs is 1. The Hall–Kier alpha value is -0.940. The van der Waals surface area contributed by atoms with Gasteiger partial charge in [-0.1, -0.05) is 18.2 Å². The summed E-state index contributed by atoms with van der Waals surface area (Å²) in [4.78, 5) is 1.37. The van der Waals surface area contributed by atoms with Gasteiger partial charge < -0.3 is 15.2 Å². The normalized spacial score (nSPS) is 23.7. The zero-order chi connectivity index (χ0) is 14.7. The van der Waals surface area contributed by atoms with E-state index in [-0.39, 0.29) is 12.0 Å². The monoisotopic (exact) mass is 305 g/mol. The van der Waals surface area contributed by atoms with Crippen molar-refractivity contribution in [2.45, 2.75) is 25.8 Å². The fraction of sp³-hybridized carbons (Fsp3) is 0.529. The zero-order valence-corrected chi connectivity index (χ0v) is 13.3. The summed E-state index contributed by atoms with van der Waals surface area (Å²) < 4.78 is 6.89. The third-order valence-electron chi connectivity index (χ3n) is 4.48. The number of thiophene rings is 1. The van der Waals surface area contributed by atoms with Crippen molar-refractivity contribution in [3.05, 3.63) is 35.2 Å². The predicted molar refractivity (Wildman–Crippen MR) is 87.8 cm³/mol. The highest BCUT2D eigenvalue weighted by atomic mass is 32.1. The number of aliphatic hydroxyl groups excluding tert-OH is 1. The smallest absolute Gasteiger partial charge is 0.0536 e. The summed E-state index contributed by atoms with van der Waals surface area (Å²) in [5.41, 5.74) is 0.111. The molecule has 0 unspecified atom stereocenters. The quantitative estimate of drug-likeness (QED) is 0.860. The SMILES string of the molecule is C[C@H](NC[C@@]1(CCO)CCOC1)c1cc2ccccc2s1. The Balaban J connectivity index is 1.66. The number of aliphatic hydroxyl groups is 1. The number of hydrogen-bond acceptors (Lipinski definition) is 4. The molecule has 114 valence electrons. The molecule has 1 fully saturated rings. The van der Waals surface area contributed by atoms with E-state index in [4.69, 9.17) is 4.74 Å². The van der Waals surface area contributed by atoms with Gasteiger partial charge in [-0.05, 0) is 37.3 Å². The minimum atomic E-state index is 0.111. The van der Waals surface area contributed by atoms with E-state index in [1.807, 2.05) is 11.3 Å². The molecule has 21 heavy (non-hydrogen) atoms. The minimum absolute atomic E-state index is 0.111. The Morgan fingerprint density at radius 2 is 2.29 bits per heavy atom. The second-order valence-corrected chi connectivity index (χ2v) is 7.18. The van der Waals surface area contributed by atoms with Crippen molar-refractivity contribution in [3.63, 3.8) is 0 Å². The molecule has 0 saturated carbocycles. The van der Waals surface area contributed by atoms with E-state index in [1.165, 1.54) is 15.0 Å². The van der Waals surface area contributed by atoms with Crippen LogP contribution in [0.4, 0.5) is 0 Å². The van der Waals surface area contributed by atoms with Crippen LogP contribution in [0.2, 0.25) is 0 Å². The molecule has 3 rings (SSSR count). The van der Waals surface area contributed by atoms with Crippen molar-refractivity contribution in [2.75, 3.05) is 26.4 Å². The van der Waals surface area contributed by atoms with Gasteiger partial charge in [0.25, 0.3) is 0 Å². The number of rotatable bonds is 6. The van der Waals surface area contributed by atoms with Gasteiger partial charge >= 0.3 is 0 Å². The fourth-order valence-corrected chi connectivity index (χ4v) is 4.09. The van der Waals surface area contributed by atoms with Gasteiger partial charge in [-0.15, -0.1) is 11.3 Å². The molecule has 1 saturated heterocycles. The Labute approximate surface area is 129 Å². The summed E-state index contributed by atoms with van der Waals surface area (Å²) in [5.74, 6) is 0. The Kier molecular flexibility index (Phi) is 4.60. The molecule has 0 amide bonds. The number of ether oxygens (including phenoxy) is 1. The highest BCUT2D eigenvalue weighted by molar-refractivity contribution is 7.19. The van der Waals surface area contributed by atoms with Gasteiger partial charge in [0.1, 0.15) is 0 Å². The van der Waals surface area contributed by atoms with Crippen LogP contribution in [0.1, 0.15) is 30.7 Å². The third kappa shape index (κ3) is 3.29. The van der Waals surface area contributed by atoms with Crippen molar-refractivity contribution in [1.82, 2.24) is 5.32 Å². The van der Waals surface area contributed by atoms with Crippen molar-refractivity contribution >= 4 is 21.4 Å². The molecular formula is C17H23NO2S. The average Bonchev–Trinajstić information content (AvgIpc) is 3.12. The predicted octanol–water partition coefficient (Wildman–Crippen LogP) is 3.34. The first-order chi connectivity index (χ1) is 10.2. The van der Waals surface area contributed by atoms with Crippen LogP contribution in [0.25, 0.3) is 10.1 Å². The maximum atomic E-state index is 9.29. The first-order valence-electron chi connectivity index (χ1n) is 7.63. The van der Waals surface area contributed by atoms with Gasteiger partial charge in [0.05, 0.1) is 6.61 Å². The van der Waals surface area contributed by atoms with Crippen molar-refractivity contribution in [2.24, 2.45) is 5.41 Å². The lowest BCUT2D eigenvalue weighted by atomic mass is 9.84. The molecule has 2 aromatic rings. The van der Waals surface area contributed by atoms with Gasteiger partial charge in [-0.3, -0.25) is 0 Å². The second-order valence-electron chi connectivity index (χ2n) is 6.07. The summed E-state index contributed by atoms with van der Waals surface area (Å²) >= 11 is 1.86. The highest BCUT2D eigenvalue weighted by Crippen LogP contribution is 2.34. The standard InChI is InChI=1S/C17H23NO2S/c1-13(16-10-14-4-2-3-5-15(14)21-16)18-11-17(6-8-19)7-9-20-12-17/h2-5,10,13,18-19H,6-9,11-12H2,1H3/t13-,17+/m0/s1. The highest BCUT2D eigenvalue weighted by Gasteiger charge is 2.34. The summed E-state index contributed by atoms with van der Waals surface area (Å²) in [7, 11) is 0. The van der Waals surface area contributed by atoms with E-state index >= 15 is 0 Å². The fourth-order valence-electron chi connectivity index (χ4n) is 3.00. The van der Waals surface area contributed by atoms with Crippen LogP contribution in [0.15, 0.2) is 30.3 Å². The van der Waals surface area contributed by atoms with Crippen molar-refractivity contribution in [3.8, 4) is 0 Å². The molecule has 1 aliphatic heterocycles. The molecule has 1 aromatic carbocycles. The number of benzene rings is 1. The average molecular weight is 305 g/mol. The van der Waals surface area contributed by atoms with E-state index < -0.39 is 0 Å². The molecule has 1 aliphatic rings. The maximum absolute atomic E-state index is 9.29.